The minimum absolute atomic E-state index is 0.0220. The van der Waals surface area contributed by atoms with Crippen molar-refractivity contribution >= 4 is 5.91 Å². The number of hydrogen-bond donors (Lipinski definition) is 0. The lowest BCUT2D eigenvalue weighted by Gasteiger charge is -2.19. The summed E-state index contributed by atoms with van der Waals surface area (Å²) in [5.74, 6) is 0.870. The molecule has 0 saturated carbocycles. The highest BCUT2D eigenvalue weighted by molar-refractivity contribution is 5.88. The van der Waals surface area contributed by atoms with Crippen molar-refractivity contribution in [3.63, 3.8) is 0 Å². The van der Waals surface area contributed by atoms with Crippen LogP contribution in [0.2, 0.25) is 0 Å². The van der Waals surface area contributed by atoms with Gasteiger partial charge in [-0.25, -0.2) is 0 Å². The molecule has 1 aromatic heterocycles. The number of rotatable bonds is 7. The first-order chi connectivity index (χ1) is 11.5. The number of likely N-dealkylation sites (N-methyl/N-ethyl adjacent to an activating group) is 1. The number of hydrogen-bond acceptors (Lipinski definition) is 3. The van der Waals surface area contributed by atoms with Crippen LogP contribution in [0.1, 0.15) is 25.0 Å². The first kappa shape index (κ1) is 17.8. The Hall–Kier alpha value is -2.56. The molecule has 0 radical (unpaired) electrons. The average molecular weight is 327 g/mol. The Morgan fingerprint density at radius 1 is 1.38 bits per heavy atom. The van der Waals surface area contributed by atoms with Gasteiger partial charge in [0.1, 0.15) is 5.75 Å². The lowest BCUT2D eigenvalue weighted by Crippen LogP contribution is -2.28. The van der Waals surface area contributed by atoms with E-state index in [0.29, 0.717) is 19.5 Å². The van der Waals surface area contributed by atoms with Crippen LogP contribution in [-0.4, -0.2) is 34.2 Å². The topological polar surface area (TPSA) is 47.4 Å². The first-order valence-electron chi connectivity index (χ1n) is 8.09. The van der Waals surface area contributed by atoms with E-state index in [4.69, 9.17) is 4.74 Å². The maximum Gasteiger partial charge on any atom is 0.246 e. The second kappa shape index (κ2) is 8.34. The number of carbonyl (C=O) groups is 1. The third-order valence-electron chi connectivity index (χ3n) is 3.86. The molecule has 0 fully saturated rings. The predicted octanol–water partition coefficient (Wildman–Crippen LogP) is 2.97. The van der Waals surface area contributed by atoms with E-state index < -0.39 is 0 Å². The van der Waals surface area contributed by atoms with Crippen LogP contribution >= 0.6 is 0 Å². The molecule has 0 spiro atoms. The maximum absolute atomic E-state index is 12.5. The maximum atomic E-state index is 12.5. The normalized spacial score (nSPS) is 11.4. The summed E-state index contributed by atoms with van der Waals surface area (Å²) in [7, 11) is 3.54. The van der Waals surface area contributed by atoms with E-state index >= 15 is 0 Å². The summed E-state index contributed by atoms with van der Waals surface area (Å²) in [5.41, 5.74) is 3.12. The molecule has 0 bridgehead atoms. The van der Waals surface area contributed by atoms with Crippen molar-refractivity contribution in [2.75, 3.05) is 13.7 Å². The van der Waals surface area contributed by atoms with Crippen LogP contribution in [0.15, 0.2) is 48.3 Å². The lowest BCUT2D eigenvalue weighted by molar-refractivity contribution is -0.126. The molecule has 1 heterocycles. The Bertz CT molecular complexity index is 719. The number of aromatic nitrogens is 2. The van der Waals surface area contributed by atoms with Gasteiger partial charge in [0.2, 0.25) is 5.91 Å². The highest BCUT2D eigenvalue weighted by Gasteiger charge is 2.12. The van der Waals surface area contributed by atoms with Gasteiger partial charge in [0.15, 0.2) is 0 Å². The minimum atomic E-state index is 0.0220. The number of methoxy groups -OCH3 is 1. The number of ether oxygens (including phenoxy) is 1. The second-order valence-electron chi connectivity index (χ2n) is 5.85. The highest BCUT2D eigenvalue weighted by Crippen LogP contribution is 2.20. The summed E-state index contributed by atoms with van der Waals surface area (Å²) < 4.78 is 7.12. The lowest BCUT2D eigenvalue weighted by atomic mass is 10.0. The zero-order chi connectivity index (χ0) is 17.5. The van der Waals surface area contributed by atoms with E-state index in [-0.39, 0.29) is 5.91 Å². The van der Waals surface area contributed by atoms with Crippen molar-refractivity contribution in [2.45, 2.75) is 26.8 Å². The van der Waals surface area contributed by atoms with Gasteiger partial charge in [-0.3, -0.25) is 9.48 Å². The molecule has 0 aliphatic rings. The van der Waals surface area contributed by atoms with Crippen LogP contribution in [-0.2, 0) is 24.8 Å². The summed E-state index contributed by atoms with van der Waals surface area (Å²) in [6.07, 6.45) is 6.13. The Balaban J connectivity index is 2.05. The molecule has 0 N–H and O–H groups in total. The fourth-order valence-corrected chi connectivity index (χ4v) is 2.62. The molecule has 24 heavy (non-hydrogen) atoms. The number of amides is 1. The third-order valence-corrected chi connectivity index (χ3v) is 3.86. The summed E-state index contributed by atoms with van der Waals surface area (Å²) in [6, 6.07) is 7.88. The molecule has 0 atom stereocenters. The largest absolute Gasteiger partial charge is 0.496 e. The Morgan fingerprint density at radius 2 is 2.12 bits per heavy atom. The average Bonchev–Trinajstić information content (AvgIpc) is 2.98. The van der Waals surface area contributed by atoms with Crippen LogP contribution in [0.25, 0.3) is 0 Å². The van der Waals surface area contributed by atoms with E-state index in [2.05, 4.69) is 5.10 Å². The molecular weight excluding hydrogens is 302 g/mol. The second-order valence-corrected chi connectivity index (χ2v) is 5.85. The molecule has 0 aliphatic carbocycles. The number of nitrogens with zero attached hydrogens (tertiary/aromatic N) is 3. The van der Waals surface area contributed by atoms with Crippen molar-refractivity contribution in [2.24, 2.45) is 7.05 Å². The summed E-state index contributed by atoms with van der Waals surface area (Å²) in [4.78, 5) is 14.3. The van der Waals surface area contributed by atoms with Crippen molar-refractivity contribution in [1.82, 2.24) is 14.7 Å². The summed E-state index contributed by atoms with van der Waals surface area (Å²) in [6.45, 7) is 5.19. The molecule has 1 aromatic carbocycles. The smallest absolute Gasteiger partial charge is 0.246 e. The number of benzene rings is 1. The Morgan fingerprint density at radius 3 is 2.75 bits per heavy atom. The highest BCUT2D eigenvalue weighted by atomic mass is 16.5. The van der Waals surface area contributed by atoms with Crippen LogP contribution in [0.5, 0.6) is 5.75 Å². The van der Waals surface area contributed by atoms with E-state index in [0.717, 1.165) is 22.4 Å². The van der Waals surface area contributed by atoms with Gasteiger partial charge in [0.05, 0.1) is 13.3 Å². The molecule has 128 valence electrons. The van der Waals surface area contributed by atoms with Gasteiger partial charge in [0, 0.05) is 38.0 Å². The Labute approximate surface area is 143 Å². The number of aryl methyl sites for hydroxylation is 1. The van der Waals surface area contributed by atoms with Gasteiger partial charge < -0.3 is 9.64 Å². The molecule has 5 heteroatoms. The molecule has 2 aromatic rings. The molecule has 5 nitrogen and oxygen atoms in total. The minimum Gasteiger partial charge on any atom is -0.496 e. The van der Waals surface area contributed by atoms with Crippen molar-refractivity contribution in [3.05, 3.63) is 59.4 Å². The van der Waals surface area contributed by atoms with Crippen LogP contribution < -0.4 is 4.74 Å². The molecule has 0 unspecified atom stereocenters. The quantitative estimate of drug-likeness (QED) is 0.735. The van der Waals surface area contributed by atoms with Gasteiger partial charge in [-0.1, -0.05) is 23.8 Å². The zero-order valence-electron chi connectivity index (χ0n) is 14.8. The van der Waals surface area contributed by atoms with E-state index in [1.54, 1.807) is 24.1 Å². The fraction of sp³-hybridized carbons (Fsp3) is 0.368. The van der Waals surface area contributed by atoms with Gasteiger partial charge in [-0.05, 0) is 31.9 Å². The molecule has 0 saturated heterocycles. The van der Waals surface area contributed by atoms with E-state index in [1.807, 2.05) is 56.3 Å². The zero-order valence-corrected chi connectivity index (χ0v) is 14.8. The van der Waals surface area contributed by atoms with Crippen LogP contribution in [0.3, 0.4) is 0 Å². The number of carbonyl (C=O) groups excluding carboxylic acids is 1. The Kier molecular flexibility index (Phi) is 6.18. The first-order valence-corrected chi connectivity index (χ1v) is 8.09. The third kappa shape index (κ3) is 4.72. The molecule has 1 amide bonds. The van der Waals surface area contributed by atoms with Crippen molar-refractivity contribution in [3.8, 4) is 5.75 Å². The standard InChI is InChI=1S/C19H25N3O2/c1-5-22(14-16-12-20-21(3)13-16)19(23)11-15(2)10-17-8-6-7-9-18(17)24-4/h6-9,11-13H,5,10,14H2,1-4H3/b15-11-. The summed E-state index contributed by atoms with van der Waals surface area (Å²) in [5, 5.41) is 4.15. The van der Waals surface area contributed by atoms with Gasteiger partial charge in [-0.2, -0.15) is 5.10 Å². The van der Waals surface area contributed by atoms with E-state index in [9.17, 15) is 4.79 Å². The number of allylic oxidation sites excluding steroid dienone is 1. The van der Waals surface area contributed by atoms with Gasteiger partial charge in [0.25, 0.3) is 0 Å². The van der Waals surface area contributed by atoms with Crippen LogP contribution in [0.4, 0.5) is 0 Å². The molecule has 0 aliphatic heterocycles. The monoisotopic (exact) mass is 327 g/mol. The van der Waals surface area contributed by atoms with Crippen LogP contribution in [0, 0.1) is 0 Å². The van der Waals surface area contributed by atoms with E-state index in [1.165, 1.54) is 0 Å². The molecular formula is C19H25N3O2. The SMILES string of the molecule is CCN(Cc1cnn(C)c1)C(=O)/C=C(/C)Cc1ccccc1OC. The van der Waals surface area contributed by atoms with Gasteiger partial charge >= 0.3 is 0 Å². The number of para-hydroxylation sites is 1. The fourth-order valence-electron chi connectivity index (χ4n) is 2.62. The summed E-state index contributed by atoms with van der Waals surface area (Å²) >= 11 is 0. The van der Waals surface area contributed by atoms with Crippen molar-refractivity contribution < 1.29 is 9.53 Å². The predicted molar refractivity (Wildman–Crippen MR) is 94.8 cm³/mol. The van der Waals surface area contributed by atoms with Gasteiger partial charge in [-0.15, -0.1) is 0 Å². The van der Waals surface area contributed by atoms with Crippen molar-refractivity contribution in [1.29, 1.82) is 0 Å². The molecule has 2 rings (SSSR count).